The van der Waals surface area contributed by atoms with Crippen LogP contribution >= 0.6 is 0 Å². The van der Waals surface area contributed by atoms with E-state index in [1.807, 2.05) is 0 Å². The van der Waals surface area contributed by atoms with E-state index in [-0.39, 0.29) is 18.8 Å². The summed E-state index contributed by atoms with van der Waals surface area (Å²) in [6.45, 7) is 0.910. The average molecular weight is 302 g/mol. The second-order valence-corrected chi connectivity index (χ2v) is 4.55. The number of nitrogens with zero attached hydrogens (tertiary/aromatic N) is 2. The van der Waals surface area contributed by atoms with Gasteiger partial charge in [0.05, 0.1) is 5.56 Å². The molecular formula is C12H13F3N4O2. The fourth-order valence-electron chi connectivity index (χ4n) is 2.04. The van der Waals surface area contributed by atoms with Crippen molar-refractivity contribution >= 4 is 11.8 Å². The molecule has 0 spiro atoms. The third-order valence-electron chi connectivity index (χ3n) is 3.14. The molecule has 2 heterocycles. The zero-order chi connectivity index (χ0) is 15.6. The molecule has 3 N–H and O–H groups in total. The Kier molecular flexibility index (Phi) is 4.12. The maximum atomic E-state index is 12.4. The Hall–Kier alpha value is -2.16. The van der Waals surface area contributed by atoms with Crippen LogP contribution in [0.2, 0.25) is 0 Å². The fraction of sp³-hybridized carbons (Fsp3) is 0.417. The van der Waals surface area contributed by atoms with E-state index >= 15 is 0 Å². The molecule has 1 saturated heterocycles. The van der Waals surface area contributed by atoms with Gasteiger partial charge in [-0.1, -0.05) is 0 Å². The maximum absolute atomic E-state index is 12.4. The van der Waals surface area contributed by atoms with Gasteiger partial charge in [-0.25, -0.2) is 0 Å². The van der Waals surface area contributed by atoms with Gasteiger partial charge >= 0.3 is 6.18 Å². The van der Waals surface area contributed by atoms with Crippen molar-refractivity contribution in [3.63, 3.8) is 0 Å². The van der Waals surface area contributed by atoms with Crippen molar-refractivity contribution in [3.8, 4) is 0 Å². The van der Waals surface area contributed by atoms with Crippen molar-refractivity contribution < 1.29 is 22.8 Å². The summed E-state index contributed by atoms with van der Waals surface area (Å²) in [5, 5.41) is 2.92. The van der Waals surface area contributed by atoms with E-state index in [0.717, 1.165) is 12.1 Å². The van der Waals surface area contributed by atoms with Gasteiger partial charge in [-0.3, -0.25) is 14.6 Å². The Morgan fingerprint density at radius 2 is 2.10 bits per heavy atom. The standard InChI is InChI=1S/C12H13F3N4O2/c13-12(14,15)7-1-2-8(18-5-7)11(21)19-4-3-17-6-9(19)10(16)20/h1-2,5,9,17H,3-4,6H2,(H2,16,20). The van der Waals surface area contributed by atoms with Crippen LogP contribution in [0.25, 0.3) is 0 Å². The minimum Gasteiger partial charge on any atom is -0.368 e. The Balaban J connectivity index is 2.20. The van der Waals surface area contributed by atoms with E-state index in [4.69, 9.17) is 5.73 Å². The number of rotatable bonds is 2. The highest BCUT2D eigenvalue weighted by atomic mass is 19.4. The molecule has 1 unspecified atom stereocenters. The number of carbonyl (C=O) groups excluding carboxylic acids is 2. The number of primary amides is 1. The topological polar surface area (TPSA) is 88.3 Å². The number of aromatic nitrogens is 1. The van der Waals surface area contributed by atoms with Crippen LogP contribution < -0.4 is 11.1 Å². The molecule has 9 heteroatoms. The Morgan fingerprint density at radius 3 is 2.62 bits per heavy atom. The number of hydrogen-bond acceptors (Lipinski definition) is 4. The summed E-state index contributed by atoms with van der Waals surface area (Å²) < 4.78 is 37.3. The van der Waals surface area contributed by atoms with E-state index < -0.39 is 29.6 Å². The third-order valence-corrected chi connectivity index (χ3v) is 3.14. The lowest BCUT2D eigenvalue weighted by atomic mass is 10.1. The largest absolute Gasteiger partial charge is 0.417 e. The number of amides is 2. The average Bonchev–Trinajstić information content (AvgIpc) is 2.45. The van der Waals surface area contributed by atoms with Crippen LogP contribution in [-0.2, 0) is 11.0 Å². The van der Waals surface area contributed by atoms with Crippen LogP contribution in [0.3, 0.4) is 0 Å². The highest BCUT2D eigenvalue weighted by Crippen LogP contribution is 2.28. The molecule has 1 aliphatic heterocycles. The van der Waals surface area contributed by atoms with Crippen LogP contribution in [0, 0.1) is 0 Å². The molecular weight excluding hydrogens is 289 g/mol. The maximum Gasteiger partial charge on any atom is 0.417 e. The highest BCUT2D eigenvalue weighted by molar-refractivity contribution is 5.96. The molecule has 2 rings (SSSR count). The van der Waals surface area contributed by atoms with Crippen LogP contribution in [0.5, 0.6) is 0 Å². The molecule has 0 aliphatic carbocycles. The second kappa shape index (κ2) is 5.68. The quantitative estimate of drug-likeness (QED) is 0.805. The molecule has 0 saturated carbocycles. The first-order valence-corrected chi connectivity index (χ1v) is 6.15. The Bertz CT molecular complexity index is 544. The second-order valence-electron chi connectivity index (χ2n) is 4.55. The molecule has 1 aromatic rings. The molecule has 1 aromatic heterocycles. The summed E-state index contributed by atoms with van der Waals surface area (Å²) in [6.07, 6.45) is -3.92. The van der Waals surface area contributed by atoms with Gasteiger partial charge in [-0.2, -0.15) is 13.2 Å². The van der Waals surface area contributed by atoms with E-state index in [9.17, 15) is 22.8 Å². The van der Waals surface area contributed by atoms with Crippen LogP contribution in [0.4, 0.5) is 13.2 Å². The lowest BCUT2D eigenvalue weighted by molar-refractivity contribution is -0.137. The first kappa shape index (κ1) is 15.2. The number of nitrogens with two attached hydrogens (primary N) is 1. The smallest absolute Gasteiger partial charge is 0.368 e. The number of hydrogen-bond donors (Lipinski definition) is 2. The number of pyridine rings is 1. The van der Waals surface area contributed by atoms with E-state index in [0.29, 0.717) is 12.7 Å². The number of alkyl halides is 3. The Labute approximate surface area is 118 Å². The molecule has 1 aliphatic rings. The molecule has 1 fully saturated rings. The predicted molar refractivity (Wildman–Crippen MR) is 66.1 cm³/mol. The SMILES string of the molecule is NC(=O)C1CNCCN1C(=O)c1ccc(C(F)(F)F)cn1. The zero-order valence-electron chi connectivity index (χ0n) is 10.9. The van der Waals surface area contributed by atoms with Gasteiger partial charge in [0.2, 0.25) is 5.91 Å². The van der Waals surface area contributed by atoms with Crippen molar-refractivity contribution in [3.05, 3.63) is 29.6 Å². The van der Waals surface area contributed by atoms with Crippen molar-refractivity contribution in [1.29, 1.82) is 0 Å². The molecule has 0 radical (unpaired) electrons. The van der Waals surface area contributed by atoms with Crippen molar-refractivity contribution in [2.24, 2.45) is 5.73 Å². The van der Waals surface area contributed by atoms with E-state index in [1.165, 1.54) is 4.90 Å². The summed E-state index contributed by atoms with van der Waals surface area (Å²) >= 11 is 0. The van der Waals surface area contributed by atoms with Crippen LogP contribution in [0.1, 0.15) is 16.1 Å². The molecule has 0 aromatic carbocycles. The first-order chi connectivity index (χ1) is 9.80. The Morgan fingerprint density at radius 1 is 1.38 bits per heavy atom. The van der Waals surface area contributed by atoms with E-state index in [2.05, 4.69) is 10.3 Å². The van der Waals surface area contributed by atoms with Gasteiger partial charge < -0.3 is 16.0 Å². The minimum atomic E-state index is -4.51. The summed E-state index contributed by atoms with van der Waals surface area (Å²) in [6, 6.07) is 0.933. The molecule has 21 heavy (non-hydrogen) atoms. The summed E-state index contributed by atoms with van der Waals surface area (Å²) in [4.78, 5) is 28.3. The number of carbonyl (C=O) groups is 2. The number of nitrogens with one attached hydrogen (secondary N) is 1. The predicted octanol–water partition coefficient (Wildman–Crippen LogP) is -0.000300. The summed E-state index contributed by atoms with van der Waals surface area (Å²) in [5.41, 5.74) is 4.12. The van der Waals surface area contributed by atoms with Crippen LogP contribution in [-0.4, -0.2) is 47.4 Å². The van der Waals surface area contributed by atoms with Gasteiger partial charge in [0, 0.05) is 25.8 Å². The monoisotopic (exact) mass is 302 g/mol. The van der Waals surface area contributed by atoms with Crippen LogP contribution in [0.15, 0.2) is 18.3 Å². The molecule has 114 valence electrons. The van der Waals surface area contributed by atoms with Gasteiger partial charge in [0.15, 0.2) is 0 Å². The summed E-state index contributed by atoms with van der Waals surface area (Å²) in [7, 11) is 0. The minimum absolute atomic E-state index is 0.156. The molecule has 0 bridgehead atoms. The summed E-state index contributed by atoms with van der Waals surface area (Å²) in [5.74, 6) is -1.29. The zero-order valence-corrected chi connectivity index (χ0v) is 10.9. The normalized spacial score (nSPS) is 19.4. The van der Waals surface area contributed by atoms with Crippen molar-refractivity contribution in [2.75, 3.05) is 19.6 Å². The van der Waals surface area contributed by atoms with Gasteiger partial charge in [-0.15, -0.1) is 0 Å². The van der Waals surface area contributed by atoms with Crippen molar-refractivity contribution in [2.45, 2.75) is 12.2 Å². The van der Waals surface area contributed by atoms with Gasteiger partial charge in [0.25, 0.3) is 5.91 Å². The third kappa shape index (κ3) is 3.30. The van der Waals surface area contributed by atoms with Gasteiger partial charge in [0.1, 0.15) is 11.7 Å². The number of piperazine rings is 1. The number of halogens is 3. The first-order valence-electron chi connectivity index (χ1n) is 6.15. The molecule has 1 atom stereocenters. The molecule has 6 nitrogen and oxygen atoms in total. The molecule has 2 amide bonds. The fourth-order valence-corrected chi connectivity index (χ4v) is 2.04. The van der Waals surface area contributed by atoms with E-state index in [1.54, 1.807) is 0 Å². The lowest BCUT2D eigenvalue weighted by Crippen LogP contribution is -2.58. The van der Waals surface area contributed by atoms with Crippen molar-refractivity contribution in [1.82, 2.24) is 15.2 Å². The highest BCUT2D eigenvalue weighted by Gasteiger charge is 2.33. The van der Waals surface area contributed by atoms with Gasteiger partial charge in [-0.05, 0) is 12.1 Å². The lowest BCUT2D eigenvalue weighted by Gasteiger charge is -2.33.